The zero-order chi connectivity index (χ0) is 36.1. The highest BCUT2D eigenvalue weighted by Gasteiger charge is 2.16. The molecular formula is C49H33N5. The molecule has 0 saturated carbocycles. The minimum Gasteiger partial charge on any atom is -0.228 e. The lowest BCUT2D eigenvalue weighted by Crippen LogP contribution is -2.01. The highest BCUT2D eigenvalue weighted by molar-refractivity contribution is 5.82. The molecule has 7 aromatic carbocycles. The quantitative estimate of drug-likeness (QED) is 0.159. The Kier molecular flexibility index (Phi) is 8.86. The van der Waals surface area contributed by atoms with Gasteiger partial charge in [-0.15, -0.1) is 0 Å². The molecule has 5 heteroatoms. The average Bonchev–Trinajstić information content (AvgIpc) is 3.27. The van der Waals surface area contributed by atoms with Crippen molar-refractivity contribution in [3.05, 3.63) is 200 Å². The first-order valence-corrected chi connectivity index (χ1v) is 17.9. The summed E-state index contributed by atoms with van der Waals surface area (Å²) in [7, 11) is 0. The van der Waals surface area contributed by atoms with Crippen LogP contribution in [0.15, 0.2) is 200 Å². The molecule has 5 nitrogen and oxygen atoms in total. The highest BCUT2D eigenvalue weighted by atomic mass is 15.0. The van der Waals surface area contributed by atoms with Crippen molar-refractivity contribution < 1.29 is 0 Å². The Morgan fingerprint density at radius 1 is 0.204 bits per heavy atom. The van der Waals surface area contributed by atoms with Crippen molar-refractivity contribution in [1.29, 1.82) is 0 Å². The average molecular weight is 692 g/mol. The van der Waals surface area contributed by atoms with Gasteiger partial charge in [0.05, 0.1) is 11.4 Å². The van der Waals surface area contributed by atoms with Gasteiger partial charge >= 0.3 is 0 Å². The fourth-order valence-corrected chi connectivity index (χ4v) is 6.63. The van der Waals surface area contributed by atoms with Gasteiger partial charge in [0.1, 0.15) is 0 Å². The summed E-state index contributed by atoms with van der Waals surface area (Å²) in [6.07, 6.45) is 0. The maximum Gasteiger partial charge on any atom is 0.164 e. The smallest absolute Gasteiger partial charge is 0.164 e. The molecule has 2 aromatic heterocycles. The van der Waals surface area contributed by atoms with Crippen LogP contribution in [0.5, 0.6) is 0 Å². The van der Waals surface area contributed by atoms with E-state index < -0.39 is 0 Å². The van der Waals surface area contributed by atoms with Crippen LogP contribution in [0.25, 0.3) is 90.3 Å². The molecular weight excluding hydrogens is 659 g/mol. The van der Waals surface area contributed by atoms with E-state index in [2.05, 4.69) is 109 Å². The van der Waals surface area contributed by atoms with Crippen LogP contribution >= 0.6 is 0 Å². The summed E-state index contributed by atoms with van der Waals surface area (Å²) < 4.78 is 0. The van der Waals surface area contributed by atoms with E-state index in [1.807, 2.05) is 91.0 Å². The van der Waals surface area contributed by atoms with Crippen molar-refractivity contribution in [2.75, 3.05) is 0 Å². The molecule has 9 aromatic rings. The second-order valence-corrected chi connectivity index (χ2v) is 12.9. The lowest BCUT2D eigenvalue weighted by Gasteiger charge is -2.12. The minimum absolute atomic E-state index is 0.614. The monoisotopic (exact) mass is 691 g/mol. The van der Waals surface area contributed by atoms with Crippen molar-refractivity contribution in [2.24, 2.45) is 0 Å². The predicted molar refractivity (Wildman–Crippen MR) is 219 cm³/mol. The van der Waals surface area contributed by atoms with Crippen molar-refractivity contribution in [3.63, 3.8) is 0 Å². The Hall–Kier alpha value is -7.37. The first-order chi connectivity index (χ1) is 26.7. The van der Waals surface area contributed by atoms with Crippen LogP contribution in [0, 0.1) is 0 Å². The van der Waals surface area contributed by atoms with Crippen LogP contribution < -0.4 is 0 Å². The summed E-state index contributed by atoms with van der Waals surface area (Å²) in [4.78, 5) is 25.1. The van der Waals surface area contributed by atoms with E-state index in [0.717, 1.165) is 67.0 Å². The molecule has 0 fully saturated rings. The zero-order valence-electron chi connectivity index (χ0n) is 29.3. The van der Waals surface area contributed by atoms with Crippen molar-refractivity contribution in [3.8, 4) is 90.3 Å². The second-order valence-electron chi connectivity index (χ2n) is 12.9. The molecule has 9 rings (SSSR count). The molecule has 0 aliphatic rings. The fourth-order valence-electron chi connectivity index (χ4n) is 6.63. The Morgan fingerprint density at radius 3 is 1.19 bits per heavy atom. The van der Waals surface area contributed by atoms with Gasteiger partial charge in [0, 0.05) is 33.4 Å². The summed E-state index contributed by atoms with van der Waals surface area (Å²) in [5, 5.41) is 0. The van der Waals surface area contributed by atoms with Gasteiger partial charge in [-0.3, -0.25) is 0 Å². The second kappa shape index (κ2) is 14.7. The number of benzene rings is 7. The topological polar surface area (TPSA) is 64.5 Å². The van der Waals surface area contributed by atoms with Gasteiger partial charge in [0.25, 0.3) is 0 Å². The first kappa shape index (κ1) is 32.5. The molecule has 0 aliphatic carbocycles. The van der Waals surface area contributed by atoms with Crippen LogP contribution in [0.1, 0.15) is 0 Å². The molecule has 0 saturated heterocycles. The molecule has 0 unspecified atom stereocenters. The van der Waals surface area contributed by atoms with Crippen LogP contribution in [0.2, 0.25) is 0 Å². The van der Waals surface area contributed by atoms with Crippen molar-refractivity contribution in [2.45, 2.75) is 0 Å². The Bertz CT molecular complexity index is 2620. The SMILES string of the molecule is c1ccc(-c2cc(-c3ccc(-c4cccc(-c5nc(-c6ccccc6)nc(-c6ccccc6-c6ccccc6)n5)c4)cc3)nc(-c3ccccc3)n2)cc1. The van der Waals surface area contributed by atoms with Crippen molar-refractivity contribution >= 4 is 0 Å². The molecule has 0 atom stereocenters. The van der Waals surface area contributed by atoms with Gasteiger partial charge < -0.3 is 0 Å². The molecule has 2 heterocycles. The molecule has 0 bridgehead atoms. The summed E-state index contributed by atoms with van der Waals surface area (Å²) in [5.41, 5.74) is 11.9. The molecule has 0 radical (unpaired) electrons. The van der Waals surface area contributed by atoms with E-state index in [9.17, 15) is 0 Å². The van der Waals surface area contributed by atoms with Gasteiger partial charge in [-0.05, 0) is 34.4 Å². The molecule has 0 spiro atoms. The molecule has 0 amide bonds. The predicted octanol–water partition coefficient (Wildman–Crippen LogP) is 12.0. The van der Waals surface area contributed by atoms with Crippen LogP contribution in [0.4, 0.5) is 0 Å². The zero-order valence-corrected chi connectivity index (χ0v) is 29.3. The lowest BCUT2D eigenvalue weighted by atomic mass is 9.99. The van der Waals surface area contributed by atoms with Gasteiger partial charge in [0.2, 0.25) is 0 Å². The fraction of sp³-hybridized carbons (Fsp3) is 0. The number of hydrogen-bond acceptors (Lipinski definition) is 5. The largest absolute Gasteiger partial charge is 0.228 e. The summed E-state index contributed by atoms with van der Waals surface area (Å²) in [6.45, 7) is 0. The summed E-state index contributed by atoms with van der Waals surface area (Å²) in [6, 6.07) is 68.1. The number of nitrogens with zero attached hydrogens (tertiary/aromatic N) is 5. The first-order valence-electron chi connectivity index (χ1n) is 17.9. The van der Waals surface area contributed by atoms with Crippen LogP contribution in [-0.2, 0) is 0 Å². The maximum absolute atomic E-state index is 5.10. The Morgan fingerprint density at radius 2 is 0.593 bits per heavy atom. The Labute approximate surface area is 314 Å². The third kappa shape index (κ3) is 6.82. The van der Waals surface area contributed by atoms with E-state index in [4.69, 9.17) is 24.9 Å². The normalized spacial score (nSPS) is 11.0. The molecule has 54 heavy (non-hydrogen) atoms. The lowest BCUT2D eigenvalue weighted by molar-refractivity contribution is 1.07. The van der Waals surface area contributed by atoms with Crippen LogP contribution in [-0.4, -0.2) is 24.9 Å². The molecule has 254 valence electrons. The van der Waals surface area contributed by atoms with Gasteiger partial charge in [-0.2, -0.15) is 0 Å². The standard InChI is InChI=1S/C49H33N5/c1-5-16-35(17-6-1)42-26-13-14-27-43(42)49-53-47(39-22-11-4-12-23-39)52-48(54-49)41-25-15-24-40(32-41)34-28-30-37(31-29-34)45-33-44(36-18-7-2-8-19-36)50-46(51-45)38-20-9-3-10-21-38/h1-33H. The van der Waals surface area contributed by atoms with E-state index in [1.165, 1.54) is 0 Å². The summed E-state index contributed by atoms with van der Waals surface area (Å²) in [5.74, 6) is 2.57. The third-order valence-electron chi connectivity index (χ3n) is 9.38. The maximum atomic E-state index is 5.10. The van der Waals surface area contributed by atoms with E-state index in [1.54, 1.807) is 0 Å². The van der Waals surface area contributed by atoms with Gasteiger partial charge in [0.15, 0.2) is 23.3 Å². The van der Waals surface area contributed by atoms with Crippen LogP contribution in [0.3, 0.4) is 0 Å². The minimum atomic E-state index is 0.614. The van der Waals surface area contributed by atoms with E-state index >= 15 is 0 Å². The Balaban J connectivity index is 1.10. The number of rotatable bonds is 8. The summed E-state index contributed by atoms with van der Waals surface area (Å²) >= 11 is 0. The molecule has 0 aliphatic heterocycles. The van der Waals surface area contributed by atoms with Gasteiger partial charge in [-0.1, -0.05) is 188 Å². The van der Waals surface area contributed by atoms with E-state index in [0.29, 0.717) is 23.3 Å². The van der Waals surface area contributed by atoms with Crippen molar-refractivity contribution in [1.82, 2.24) is 24.9 Å². The van der Waals surface area contributed by atoms with Gasteiger partial charge in [-0.25, -0.2) is 24.9 Å². The highest BCUT2D eigenvalue weighted by Crippen LogP contribution is 2.34. The number of aromatic nitrogens is 5. The third-order valence-corrected chi connectivity index (χ3v) is 9.38. The molecule has 0 N–H and O–H groups in total. The van der Waals surface area contributed by atoms with E-state index in [-0.39, 0.29) is 0 Å². The number of hydrogen-bond donors (Lipinski definition) is 0.